The molecule has 1 aromatic carbocycles. The summed E-state index contributed by atoms with van der Waals surface area (Å²) in [7, 11) is 0. The number of rotatable bonds is 5. The normalized spacial score (nSPS) is 20.2. The van der Waals surface area contributed by atoms with Crippen molar-refractivity contribution in [1.82, 2.24) is 5.32 Å². The molecule has 0 amide bonds. The Morgan fingerprint density at radius 3 is 2.37 bits per heavy atom. The minimum atomic E-state index is 0.554. The zero-order chi connectivity index (χ0) is 13.7. The molecule has 2 heteroatoms. The minimum absolute atomic E-state index is 0.554. The Kier molecular flexibility index (Phi) is 5.90. The van der Waals surface area contributed by atoms with E-state index >= 15 is 0 Å². The van der Waals surface area contributed by atoms with Gasteiger partial charge in [0.15, 0.2) is 0 Å². The lowest BCUT2D eigenvalue weighted by atomic mass is 9.84. The van der Waals surface area contributed by atoms with Crippen LogP contribution in [0.25, 0.3) is 0 Å². The van der Waals surface area contributed by atoms with Crippen LogP contribution in [0.15, 0.2) is 28.7 Å². The van der Waals surface area contributed by atoms with Gasteiger partial charge in [-0.25, -0.2) is 0 Å². The summed E-state index contributed by atoms with van der Waals surface area (Å²) in [5.74, 6) is 0.890. The maximum Gasteiger partial charge on any atom is 0.0175 e. The van der Waals surface area contributed by atoms with Gasteiger partial charge in [-0.05, 0) is 56.7 Å². The van der Waals surface area contributed by atoms with Crippen LogP contribution in [0.2, 0.25) is 0 Å². The van der Waals surface area contributed by atoms with Crippen molar-refractivity contribution in [3.05, 3.63) is 34.3 Å². The molecule has 1 aliphatic carbocycles. The molecule has 1 nitrogen and oxygen atoms in total. The Bertz CT molecular complexity index is 367. The first-order chi connectivity index (χ1) is 9.15. The predicted octanol–water partition coefficient (Wildman–Crippen LogP) is 4.94. The molecule has 1 aliphatic rings. The van der Waals surface area contributed by atoms with Crippen molar-refractivity contribution in [1.29, 1.82) is 0 Å². The van der Waals surface area contributed by atoms with E-state index in [0.717, 1.165) is 16.8 Å². The van der Waals surface area contributed by atoms with E-state index in [4.69, 9.17) is 0 Å². The van der Waals surface area contributed by atoms with Crippen molar-refractivity contribution >= 4 is 15.9 Å². The van der Waals surface area contributed by atoms with E-state index in [1.165, 1.54) is 37.7 Å². The lowest BCUT2D eigenvalue weighted by Crippen LogP contribution is -2.41. The van der Waals surface area contributed by atoms with Gasteiger partial charge in [-0.1, -0.05) is 47.3 Å². The van der Waals surface area contributed by atoms with Gasteiger partial charge in [0, 0.05) is 16.6 Å². The lowest BCUT2D eigenvalue weighted by molar-refractivity contribution is 0.267. The summed E-state index contributed by atoms with van der Waals surface area (Å²) in [4.78, 5) is 0. The standard InChI is InChI=1S/C17H26BrN/c1-13(12-15-8-10-17(18)11-9-15)19-14(2)16-6-4-3-5-7-16/h8-11,13-14,16,19H,3-7,12H2,1-2H3/t13?,14-/m0/s1. The largest absolute Gasteiger partial charge is 0.311 e. The van der Waals surface area contributed by atoms with Gasteiger partial charge in [-0.3, -0.25) is 0 Å². The second-order valence-corrected chi connectivity index (χ2v) is 7.00. The summed E-state index contributed by atoms with van der Waals surface area (Å²) in [5, 5.41) is 3.80. The maximum absolute atomic E-state index is 3.80. The van der Waals surface area contributed by atoms with Gasteiger partial charge in [-0.2, -0.15) is 0 Å². The maximum atomic E-state index is 3.80. The third-order valence-corrected chi connectivity index (χ3v) is 4.89. The van der Waals surface area contributed by atoms with Crippen molar-refractivity contribution in [2.24, 2.45) is 5.92 Å². The van der Waals surface area contributed by atoms with E-state index in [2.05, 4.69) is 59.4 Å². The molecule has 2 atom stereocenters. The first kappa shape index (κ1) is 15.1. The van der Waals surface area contributed by atoms with Crippen LogP contribution in [0.4, 0.5) is 0 Å². The van der Waals surface area contributed by atoms with Gasteiger partial charge >= 0.3 is 0 Å². The van der Waals surface area contributed by atoms with Crippen molar-refractivity contribution in [3.8, 4) is 0 Å². The number of hydrogen-bond acceptors (Lipinski definition) is 1. The zero-order valence-electron chi connectivity index (χ0n) is 12.2. The molecule has 0 spiro atoms. The van der Waals surface area contributed by atoms with E-state index in [1.54, 1.807) is 0 Å². The number of hydrogen-bond donors (Lipinski definition) is 1. The molecule has 1 N–H and O–H groups in total. The quantitative estimate of drug-likeness (QED) is 0.809. The molecule has 106 valence electrons. The van der Waals surface area contributed by atoms with Crippen LogP contribution in [0, 0.1) is 5.92 Å². The third kappa shape index (κ3) is 4.92. The molecule has 0 aliphatic heterocycles. The van der Waals surface area contributed by atoms with Crippen LogP contribution in [0.3, 0.4) is 0 Å². The topological polar surface area (TPSA) is 12.0 Å². The zero-order valence-corrected chi connectivity index (χ0v) is 13.7. The Balaban J connectivity index is 1.79. The lowest BCUT2D eigenvalue weighted by Gasteiger charge is -2.30. The van der Waals surface area contributed by atoms with Gasteiger partial charge in [0.2, 0.25) is 0 Å². The third-order valence-electron chi connectivity index (χ3n) is 4.36. The highest BCUT2D eigenvalue weighted by molar-refractivity contribution is 9.10. The van der Waals surface area contributed by atoms with E-state index in [-0.39, 0.29) is 0 Å². The molecule has 2 rings (SSSR count). The van der Waals surface area contributed by atoms with Crippen LogP contribution in [0.1, 0.15) is 51.5 Å². The summed E-state index contributed by atoms with van der Waals surface area (Å²) < 4.78 is 1.16. The minimum Gasteiger partial charge on any atom is -0.311 e. The molecular weight excluding hydrogens is 298 g/mol. The Labute approximate surface area is 126 Å². The molecule has 1 fully saturated rings. The van der Waals surface area contributed by atoms with Crippen molar-refractivity contribution in [3.63, 3.8) is 0 Å². The average molecular weight is 324 g/mol. The molecule has 1 saturated carbocycles. The summed E-state index contributed by atoms with van der Waals surface area (Å²) in [6.45, 7) is 4.68. The monoisotopic (exact) mass is 323 g/mol. The number of halogens is 1. The number of nitrogens with one attached hydrogen (secondary N) is 1. The molecule has 0 aromatic heterocycles. The molecule has 0 saturated heterocycles. The molecule has 0 heterocycles. The first-order valence-electron chi connectivity index (χ1n) is 7.65. The average Bonchev–Trinajstić information content (AvgIpc) is 2.42. The molecule has 1 unspecified atom stereocenters. The highest BCUT2D eigenvalue weighted by Gasteiger charge is 2.20. The van der Waals surface area contributed by atoms with Crippen molar-refractivity contribution < 1.29 is 0 Å². The Hall–Kier alpha value is -0.340. The fraction of sp³-hybridized carbons (Fsp3) is 0.647. The van der Waals surface area contributed by atoms with E-state index < -0.39 is 0 Å². The first-order valence-corrected chi connectivity index (χ1v) is 8.45. The molecule has 1 aromatic rings. The number of benzene rings is 1. The van der Waals surface area contributed by atoms with Crippen LogP contribution >= 0.6 is 15.9 Å². The van der Waals surface area contributed by atoms with Crippen LogP contribution in [0.5, 0.6) is 0 Å². The molecular formula is C17H26BrN. The predicted molar refractivity (Wildman–Crippen MR) is 86.5 cm³/mol. The van der Waals surface area contributed by atoms with Gasteiger partial charge in [0.25, 0.3) is 0 Å². The molecule has 0 bridgehead atoms. The summed E-state index contributed by atoms with van der Waals surface area (Å²) in [5.41, 5.74) is 1.42. The highest BCUT2D eigenvalue weighted by Crippen LogP contribution is 2.26. The fourth-order valence-electron chi connectivity index (χ4n) is 3.25. The Morgan fingerprint density at radius 1 is 1.11 bits per heavy atom. The molecule has 0 radical (unpaired) electrons. The highest BCUT2D eigenvalue weighted by atomic mass is 79.9. The summed E-state index contributed by atoms with van der Waals surface area (Å²) in [6, 6.07) is 9.91. The SMILES string of the molecule is CC(Cc1ccc(Br)cc1)N[C@@H](C)C1CCCCC1. The van der Waals surface area contributed by atoms with E-state index in [1.807, 2.05) is 0 Å². The van der Waals surface area contributed by atoms with Gasteiger partial charge in [0.1, 0.15) is 0 Å². The van der Waals surface area contributed by atoms with Crippen molar-refractivity contribution in [2.45, 2.75) is 64.5 Å². The smallest absolute Gasteiger partial charge is 0.0175 e. The van der Waals surface area contributed by atoms with Crippen molar-refractivity contribution in [2.75, 3.05) is 0 Å². The van der Waals surface area contributed by atoms with Gasteiger partial charge < -0.3 is 5.32 Å². The van der Waals surface area contributed by atoms with Crippen LogP contribution in [-0.2, 0) is 6.42 Å². The second-order valence-electron chi connectivity index (χ2n) is 6.09. The van der Waals surface area contributed by atoms with Gasteiger partial charge in [-0.15, -0.1) is 0 Å². The summed E-state index contributed by atoms with van der Waals surface area (Å²) >= 11 is 3.49. The van der Waals surface area contributed by atoms with E-state index in [9.17, 15) is 0 Å². The van der Waals surface area contributed by atoms with E-state index in [0.29, 0.717) is 12.1 Å². The summed E-state index contributed by atoms with van der Waals surface area (Å²) in [6.07, 6.45) is 8.25. The van der Waals surface area contributed by atoms with Gasteiger partial charge in [0.05, 0.1) is 0 Å². The van der Waals surface area contributed by atoms with Crippen LogP contribution < -0.4 is 5.32 Å². The molecule has 19 heavy (non-hydrogen) atoms. The second kappa shape index (κ2) is 7.44. The fourth-order valence-corrected chi connectivity index (χ4v) is 3.52. The van der Waals surface area contributed by atoms with Crippen LogP contribution in [-0.4, -0.2) is 12.1 Å². The Morgan fingerprint density at radius 2 is 1.74 bits per heavy atom.